The van der Waals surface area contributed by atoms with Crippen LogP contribution in [0.4, 0.5) is 4.79 Å². The van der Waals surface area contributed by atoms with Crippen molar-refractivity contribution in [3.63, 3.8) is 0 Å². The molecule has 0 fully saturated rings. The lowest BCUT2D eigenvalue weighted by Gasteiger charge is -2.17. The van der Waals surface area contributed by atoms with Gasteiger partial charge in [0.2, 0.25) is 5.91 Å². The zero-order valence-electron chi connectivity index (χ0n) is 15.2. The van der Waals surface area contributed by atoms with Crippen LogP contribution >= 0.6 is 23.2 Å². The molecule has 0 unspecified atom stereocenters. The predicted molar refractivity (Wildman–Crippen MR) is 101 cm³/mol. The fourth-order valence-electron chi connectivity index (χ4n) is 2.05. The van der Waals surface area contributed by atoms with Crippen molar-refractivity contribution < 1.29 is 38.6 Å². The molecule has 0 aliphatic carbocycles. The van der Waals surface area contributed by atoms with E-state index in [0.29, 0.717) is 0 Å². The van der Waals surface area contributed by atoms with E-state index in [4.69, 9.17) is 33.0 Å². The minimum absolute atomic E-state index is 0.0274. The highest BCUT2D eigenvalue weighted by Crippen LogP contribution is 2.24. The van der Waals surface area contributed by atoms with Gasteiger partial charge in [0, 0.05) is 6.42 Å². The van der Waals surface area contributed by atoms with Gasteiger partial charge in [0.05, 0.1) is 28.8 Å². The molecule has 1 atom stereocenters. The molecule has 29 heavy (non-hydrogen) atoms. The van der Waals surface area contributed by atoms with Crippen LogP contribution < -0.4 is 10.6 Å². The molecule has 3 N–H and O–H groups in total. The summed E-state index contributed by atoms with van der Waals surface area (Å²) >= 11 is 11.8. The van der Waals surface area contributed by atoms with E-state index in [-0.39, 0.29) is 22.0 Å². The van der Waals surface area contributed by atoms with Crippen LogP contribution in [0, 0.1) is 0 Å². The molecular weight excluding hydrogens is 431 g/mol. The number of halogens is 2. The lowest BCUT2D eigenvalue weighted by Crippen LogP contribution is -2.47. The maximum Gasteiger partial charge on any atom is 0.407 e. The number of carboxylic acids is 1. The Bertz CT molecular complexity index is 779. The van der Waals surface area contributed by atoms with Gasteiger partial charge in [0.25, 0.3) is 0 Å². The summed E-state index contributed by atoms with van der Waals surface area (Å²) in [5.74, 6) is -3.66. The number of amides is 2. The Morgan fingerprint density at radius 1 is 1.14 bits per heavy atom. The molecule has 0 radical (unpaired) electrons. The molecule has 0 aromatic heterocycles. The number of carboxylic acid groups (broad SMARTS) is 1. The first-order chi connectivity index (χ1) is 13.6. The van der Waals surface area contributed by atoms with E-state index in [1.165, 1.54) is 18.2 Å². The van der Waals surface area contributed by atoms with E-state index in [2.05, 4.69) is 15.4 Å². The van der Waals surface area contributed by atoms with Gasteiger partial charge in [-0.2, -0.15) is 0 Å². The number of esters is 1. The largest absolute Gasteiger partial charge is 0.481 e. The number of benzene rings is 1. The van der Waals surface area contributed by atoms with Gasteiger partial charge in [-0.05, 0) is 18.6 Å². The molecule has 10 nitrogen and oxygen atoms in total. The number of ketones is 1. The van der Waals surface area contributed by atoms with Crippen molar-refractivity contribution in [2.75, 3.05) is 20.3 Å². The molecule has 0 aliphatic rings. The molecular formula is C17H18Cl2N2O8. The first kappa shape index (κ1) is 24.2. The Morgan fingerprint density at radius 2 is 1.76 bits per heavy atom. The van der Waals surface area contributed by atoms with Crippen LogP contribution in [0.1, 0.15) is 23.2 Å². The van der Waals surface area contributed by atoms with E-state index >= 15 is 0 Å². The van der Waals surface area contributed by atoms with Gasteiger partial charge >= 0.3 is 18.0 Å². The van der Waals surface area contributed by atoms with Crippen LogP contribution in [0.25, 0.3) is 0 Å². The Morgan fingerprint density at radius 3 is 2.31 bits per heavy atom. The molecule has 0 spiro atoms. The molecule has 1 aromatic rings. The highest BCUT2D eigenvalue weighted by Gasteiger charge is 2.24. The summed E-state index contributed by atoms with van der Waals surface area (Å²) < 4.78 is 9.20. The molecule has 158 valence electrons. The summed E-state index contributed by atoms with van der Waals surface area (Å²) in [5, 5.41) is 13.2. The van der Waals surface area contributed by atoms with Gasteiger partial charge in [-0.3, -0.25) is 14.4 Å². The predicted octanol–water partition coefficient (Wildman–Crippen LogP) is 1.42. The topological polar surface area (TPSA) is 148 Å². The summed E-state index contributed by atoms with van der Waals surface area (Å²) in [7, 11) is 1.10. The fraction of sp³-hybridized carbons (Fsp3) is 0.353. The molecule has 1 aromatic carbocycles. The van der Waals surface area contributed by atoms with E-state index in [0.717, 1.165) is 7.11 Å². The number of alkyl carbamates (subject to hydrolysis) is 1. The minimum atomic E-state index is -1.26. The van der Waals surface area contributed by atoms with Crippen LogP contribution in [-0.2, 0) is 23.9 Å². The summed E-state index contributed by atoms with van der Waals surface area (Å²) in [6.07, 6.45) is -1.53. The minimum Gasteiger partial charge on any atom is -0.481 e. The van der Waals surface area contributed by atoms with Crippen LogP contribution in [0.2, 0.25) is 10.0 Å². The third-order valence-electron chi connectivity index (χ3n) is 3.46. The van der Waals surface area contributed by atoms with E-state index in [1.54, 1.807) is 0 Å². The molecule has 0 saturated carbocycles. The van der Waals surface area contributed by atoms with Gasteiger partial charge in [0.15, 0.2) is 12.4 Å². The number of methoxy groups -OCH3 is 1. The normalized spacial score (nSPS) is 11.1. The van der Waals surface area contributed by atoms with Crippen LogP contribution in [0.15, 0.2) is 18.2 Å². The number of nitrogens with one attached hydrogen (secondary N) is 2. The first-order valence-corrected chi connectivity index (χ1v) is 8.88. The third-order valence-corrected chi connectivity index (χ3v) is 4.09. The number of hydrogen-bond donors (Lipinski definition) is 3. The van der Waals surface area contributed by atoms with Crippen molar-refractivity contribution >= 4 is 52.9 Å². The number of hydrogen-bond acceptors (Lipinski definition) is 7. The van der Waals surface area contributed by atoms with Crippen molar-refractivity contribution in [2.45, 2.75) is 18.9 Å². The molecule has 2 amide bonds. The fourth-order valence-corrected chi connectivity index (χ4v) is 2.61. The Hall–Kier alpha value is -2.85. The highest BCUT2D eigenvalue weighted by molar-refractivity contribution is 6.39. The van der Waals surface area contributed by atoms with Crippen molar-refractivity contribution in [1.82, 2.24) is 10.6 Å². The van der Waals surface area contributed by atoms with E-state index < -0.39 is 55.3 Å². The Balaban J connectivity index is 2.73. The standard InChI is InChI=1S/C17H18Cl2N2O8/c1-28-17(27)20-7-13(23)21-11(5-6-14(24)25)12(22)8-29-16(26)15-9(18)3-2-4-10(15)19/h2-4,11H,5-8H2,1H3,(H,20,27)(H,21,23)(H,24,25)/t11-/m0/s1. The SMILES string of the molecule is COC(=O)NCC(=O)N[C@@H](CCC(=O)O)C(=O)COC(=O)c1c(Cl)cccc1Cl. The number of rotatable bonds is 10. The lowest BCUT2D eigenvalue weighted by atomic mass is 10.1. The van der Waals surface area contributed by atoms with Gasteiger partial charge in [-0.1, -0.05) is 29.3 Å². The quantitative estimate of drug-likeness (QED) is 0.455. The average Bonchev–Trinajstić information content (AvgIpc) is 2.66. The van der Waals surface area contributed by atoms with Crippen molar-refractivity contribution in [1.29, 1.82) is 0 Å². The van der Waals surface area contributed by atoms with Gasteiger partial charge in [-0.25, -0.2) is 9.59 Å². The molecule has 0 bridgehead atoms. The maximum absolute atomic E-state index is 12.3. The highest BCUT2D eigenvalue weighted by atomic mass is 35.5. The molecule has 0 aliphatic heterocycles. The molecule has 12 heteroatoms. The van der Waals surface area contributed by atoms with E-state index in [1.807, 2.05) is 0 Å². The average molecular weight is 449 g/mol. The number of ether oxygens (including phenoxy) is 2. The second kappa shape index (κ2) is 11.9. The van der Waals surface area contributed by atoms with Crippen LogP contribution in [0.5, 0.6) is 0 Å². The molecule has 0 saturated heterocycles. The van der Waals surface area contributed by atoms with E-state index in [9.17, 15) is 24.0 Å². The molecule has 0 heterocycles. The number of carbonyl (C=O) groups is 5. The van der Waals surface area contributed by atoms with Crippen molar-refractivity contribution in [2.24, 2.45) is 0 Å². The lowest BCUT2D eigenvalue weighted by molar-refractivity contribution is -0.138. The van der Waals surface area contributed by atoms with Crippen molar-refractivity contribution in [3.8, 4) is 0 Å². The maximum atomic E-state index is 12.3. The second-order valence-electron chi connectivity index (χ2n) is 5.54. The van der Waals surface area contributed by atoms with Crippen molar-refractivity contribution in [3.05, 3.63) is 33.8 Å². The zero-order valence-corrected chi connectivity index (χ0v) is 16.7. The summed E-state index contributed by atoms with van der Waals surface area (Å²) in [6.45, 7) is -1.26. The van der Waals surface area contributed by atoms with Gasteiger partial charge in [-0.15, -0.1) is 0 Å². The Kier molecular flexibility index (Phi) is 9.90. The van der Waals surface area contributed by atoms with Crippen LogP contribution in [0.3, 0.4) is 0 Å². The second-order valence-corrected chi connectivity index (χ2v) is 6.35. The van der Waals surface area contributed by atoms with Gasteiger partial charge in [0.1, 0.15) is 6.54 Å². The number of carbonyl (C=O) groups excluding carboxylic acids is 4. The van der Waals surface area contributed by atoms with Gasteiger partial charge < -0.3 is 25.2 Å². The summed E-state index contributed by atoms with van der Waals surface area (Å²) in [5.41, 5.74) is -0.128. The monoisotopic (exact) mass is 448 g/mol. The smallest absolute Gasteiger partial charge is 0.407 e. The summed E-state index contributed by atoms with van der Waals surface area (Å²) in [6, 6.07) is 3.09. The van der Waals surface area contributed by atoms with Crippen LogP contribution in [-0.4, -0.2) is 61.1 Å². The number of Topliss-reactive ketones (excluding diaryl/α,β-unsaturated/α-hetero) is 1. The third kappa shape index (κ3) is 8.36. The first-order valence-electron chi connectivity index (χ1n) is 8.12. The Labute approximate surface area is 175 Å². The number of aliphatic carboxylic acids is 1. The zero-order chi connectivity index (χ0) is 22.0. The molecule has 1 rings (SSSR count). The summed E-state index contributed by atoms with van der Waals surface area (Å²) in [4.78, 5) is 58.1.